The van der Waals surface area contributed by atoms with Crippen molar-refractivity contribution in [1.82, 2.24) is 15.0 Å². The van der Waals surface area contributed by atoms with E-state index in [1.54, 1.807) is 29.1 Å². The van der Waals surface area contributed by atoms with Gasteiger partial charge in [-0.3, -0.25) is 4.79 Å². The van der Waals surface area contributed by atoms with Crippen molar-refractivity contribution in [2.24, 2.45) is 0 Å². The van der Waals surface area contributed by atoms with Gasteiger partial charge >= 0.3 is 0 Å². The van der Waals surface area contributed by atoms with Gasteiger partial charge in [-0.2, -0.15) is 4.80 Å². The summed E-state index contributed by atoms with van der Waals surface area (Å²) in [6, 6.07) is 20.4. The van der Waals surface area contributed by atoms with Crippen molar-refractivity contribution < 1.29 is 9.53 Å². The van der Waals surface area contributed by atoms with Gasteiger partial charge in [0.1, 0.15) is 16.8 Å². The number of para-hydroxylation sites is 2. The van der Waals surface area contributed by atoms with Gasteiger partial charge in [0, 0.05) is 5.69 Å². The highest BCUT2D eigenvalue weighted by atomic mass is 35.5. The van der Waals surface area contributed by atoms with E-state index in [2.05, 4.69) is 15.5 Å². The Hall–Kier alpha value is -3.38. The average molecular weight is 393 g/mol. The van der Waals surface area contributed by atoms with E-state index in [0.29, 0.717) is 22.0 Å². The Labute approximate surface area is 166 Å². The zero-order chi connectivity index (χ0) is 19.5. The molecule has 6 nitrogen and oxygen atoms in total. The summed E-state index contributed by atoms with van der Waals surface area (Å²) < 4.78 is 5.48. The number of ether oxygens (including phenoxy) is 1. The van der Waals surface area contributed by atoms with Crippen molar-refractivity contribution in [1.29, 1.82) is 0 Å². The topological polar surface area (TPSA) is 69.0 Å². The summed E-state index contributed by atoms with van der Waals surface area (Å²) in [4.78, 5) is 13.9. The van der Waals surface area contributed by atoms with Crippen LogP contribution < -0.4 is 10.1 Å². The van der Waals surface area contributed by atoms with Crippen LogP contribution in [0.4, 0.5) is 5.69 Å². The summed E-state index contributed by atoms with van der Waals surface area (Å²) in [5.74, 6) is 0.190. The number of fused-ring (bicyclic) bond motifs is 1. The first-order chi connectivity index (χ1) is 13.6. The number of hydrogen-bond donors (Lipinski definition) is 1. The van der Waals surface area contributed by atoms with Gasteiger partial charge in [-0.25, -0.2) is 0 Å². The molecule has 3 aromatic carbocycles. The molecular weight excluding hydrogens is 376 g/mol. The minimum Gasteiger partial charge on any atom is -0.482 e. The number of nitrogens with one attached hydrogen (secondary N) is 1. The number of carbonyl (C=O) groups excluding carboxylic acids is 1. The van der Waals surface area contributed by atoms with E-state index >= 15 is 0 Å². The number of aromatic nitrogens is 3. The normalized spacial score (nSPS) is 10.8. The Morgan fingerprint density at radius 3 is 2.46 bits per heavy atom. The van der Waals surface area contributed by atoms with Crippen molar-refractivity contribution in [3.05, 3.63) is 77.3 Å². The van der Waals surface area contributed by atoms with Crippen LogP contribution in [0.3, 0.4) is 0 Å². The molecular formula is C21H17ClN4O2. The molecule has 0 aliphatic carbocycles. The molecule has 140 valence electrons. The number of halogens is 1. The van der Waals surface area contributed by atoms with Crippen LogP contribution in [0.2, 0.25) is 5.02 Å². The maximum Gasteiger partial charge on any atom is 0.262 e. The van der Waals surface area contributed by atoms with Crippen LogP contribution in [0.15, 0.2) is 66.7 Å². The number of hydrogen-bond acceptors (Lipinski definition) is 4. The van der Waals surface area contributed by atoms with Crippen LogP contribution in [0, 0.1) is 6.92 Å². The lowest BCUT2D eigenvalue weighted by Crippen LogP contribution is -2.20. The minimum absolute atomic E-state index is 0.141. The fraction of sp³-hybridized carbons (Fsp3) is 0.0952. The van der Waals surface area contributed by atoms with E-state index < -0.39 is 0 Å². The van der Waals surface area contributed by atoms with Gasteiger partial charge < -0.3 is 10.1 Å². The standard InChI is InChI=1S/C21H17ClN4O2/c1-14-11-18-19(25-26(24-18)15-7-3-2-4-8-15)12-17(14)23-21(27)13-28-20-10-6-5-9-16(20)22/h2-12H,13H2,1H3,(H,23,27). The lowest BCUT2D eigenvalue weighted by Gasteiger charge is -2.10. The summed E-state index contributed by atoms with van der Waals surface area (Å²) in [5.41, 5.74) is 3.87. The van der Waals surface area contributed by atoms with Crippen LogP contribution in [-0.4, -0.2) is 27.5 Å². The first kappa shape index (κ1) is 18.0. The second-order valence-corrected chi connectivity index (χ2v) is 6.66. The van der Waals surface area contributed by atoms with E-state index in [4.69, 9.17) is 16.3 Å². The van der Waals surface area contributed by atoms with Crippen molar-refractivity contribution in [3.63, 3.8) is 0 Å². The third kappa shape index (κ3) is 3.82. The first-order valence-corrected chi connectivity index (χ1v) is 9.08. The molecule has 0 radical (unpaired) electrons. The smallest absolute Gasteiger partial charge is 0.262 e. The largest absolute Gasteiger partial charge is 0.482 e. The molecule has 0 bridgehead atoms. The first-order valence-electron chi connectivity index (χ1n) is 8.70. The fourth-order valence-electron chi connectivity index (χ4n) is 2.77. The molecule has 4 rings (SSSR count). The quantitative estimate of drug-likeness (QED) is 0.546. The predicted octanol–water partition coefficient (Wildman–Crippen LogP) is 4.40. The van der Waals surface area contributed by atoms with Crippen LogP contribution >= 0.6 is 11.6 Å². The summed E-state index contributed by atoms with van der Waals surface area (Å²) in [6.45, 7) is 1.77. The molecule has 1 N–H and O–H groups in total. The van der Waals surface area contributed by atoms with E-state index in [1.807, 2.05) is 49.4 Å². The SMILES string of the molecule is Cc1cc2nn(-c3ccccc3)nc2cc1NC(=O)COc1ccccc1Cl. The van der Waals surface area contributed by atoms with E-state index in [9.17, 15) is 4.79 Å². The Morgan fingerprint density at radius 1 is 1.04 bits per heavy atom. The Bertz CT molecular complexity index is 1140. The molecule has 1 heterocycles. The fourth-order valence-corrected chi connectivity index (χ4v) is 2.96. The van der Waals surface area contributed by atoms with Crippen LogP contribution in [0.25, 0.3) is 16.7 Å². The second kappa shape index (κ2) is 7.70. The molecule has 1 aromatic heterocycles. The summed E-state index contributed by atoms with van der Waals surface area (Å²) >= 11 is 6.04. The van der Waals surface area contributed by atoms with Crippen LogP contribution in [0.1, 0.15) is 5.56 Å². The number of carbonyl (C=O) groups is 1. The Balaban J connectivity index is 1.51. The summed E-state index contributed by atoms with van der Waals surface area (Å²) in [6.07, 6.45) is 0. The van der Waals surface area contributed by atoms with Gasteiger partial charge in [-0.1, -0.05) is 41.9 Å². The lowest BCUT2D eigenvalue weighted by molar-refractivity contribution is -0.118. The number of rotatable bonds is 5. The number of amides is 1. The van der Waals surface area contributed by atoms with E-state index in [0.717, 1.165) is 16.8 Å². The summed E-state index contributed by atoms with van der Waals surface area (Å²) in [5, 5.41) is 12.3. The molecule has 28 heavy (non-hydrogen) atoms. The molecule has 0 unspecified atom stereocenters. The number of benzene rings is 3. The third-order valence-electron chi connectivity index (χ3n) is 4.18. The third-order valence-corrected chi connectivity index (χ3v) is 4.50. The second-order valence-electron chi connectivity index (χ2n) is 6.25. The van der Waals surface area contributed by atoms with Crippen molar-refractivity contribution in [2.75, 3.05) is 11.9 Å². The van der Waals surface area contributed by atoms with E-state index in [1.165, 1.54) is 0 Å². The lowest BCUT2D eigenvalue weighted by atomic mass is 10.1. The molecule has 0 saturated heterocycles. The van der Waals surface area contributed by atoms with Crippen LogP contribution in [-0.2, 0) is 4.79 Å². The van der Waals surface area contributed by atoms with Crippen molar-refractivity contribution in [3.8, 4) is 11.4 Å². The maximum absolute atomic E-state index is 12.3. The highest BCUT2D eigenvalue weighted by molar-refractivity contribution is 6.32. The molecule has 0 aliphatic rings. The Kier molecular flexibility index (Phi) is 4.95. The van der Waals surface area contributed by atoms with Crippen LogP contribution in [0.5, 0.6) is 5.75 Å². The highest BCUT2D eigenvalue weighted by Crippen LogP contribution is 2.24. The minimum atomic E-state index is -0.280. The number of anilines is 1. The average Bonchev–Trinajstić information content (AvgIpc) is 3.11. The molecule has 0 fully saturated rings. The van der Waals surface area contributed by atoms with Crippen molar-refractivity contribution in [2.45, 2.75) is 6.92 Å². The highest BCUT2D eigenvalue weighted by Gasteiger charge is 2.11. The number of nitrogens with zero attached hydrogens (tertiary/aromatic N) is 3. The maximum atomic E-state index is 12.3. The zero-order valence-corrected chi connectivity index (χ0v) is 15.8. The Morgan fingerprint density at radius 2 is 1.71 bits per heavy atom. The molecule has 0 saturated carbocycles. The van der Waals surface area contributed by atoms with Gasteiger partial charge in [0.25, 0.3) is 5.91 Å². The molecule has 4 aromatic rings. The van der Waals surface area contributed by atoms with Crippen molar-refractivity contribution >= 4 is 34.2 Å². The monoisotopic (exact) mass is 392 g/mol. The molecule has 0 atom stereocenters. The van der Waals surface area contributed by atoms with Gasteiger partial charge in [0.15, 0.2) is 6.61 Å². The molecule has 0 aliphatic heterocycles. The molecule has 0 spiro atoms. The zero-order valence-electron chi connectivity index (χ0n) is 15.1. The summed E-state index contributed by atoms with van der Waals surface area (Å²) in [7, 11) is 0. The predicted molar refractivity (Wildman–Crippen MR) is 109 cm³/mol. The van der Waals surface area contributed by atoms with Gasteiger partial charge in [-0.15, -0.1) is 10.2 Å². The molecule has 1 amide bonds. The van der Waals surface area contributed by atoms with E-state index in [-0.39, 0.29) is 12.5 Å². The molecule has 7 heteroatoms. The van der Waals surface area contributed by atoms with Gasteiger partial charge in [0.05, 0.1) is 10.7 Å². The number of aryl methyl sites for hydroxylation is 1. The van der Waals surface area contributed by atoms with Gasteiger partial charge in [-0.05, 0) is 48.9 Å². The van der Waals surface area contributed by atoms with Gasteiger partial charge in [0.2, 0.25) is 0 Å².